The summed E-state index contributed by atoms with van der Waals surface area (Å²) in [4.78, 5) is 10.4. The van der Waals surface area contributed by atoms with Crippen LogP contribution in [0.3, 0.4) is 0 Å². The monoisotopic (exact) mass is 324 g/mol. The van der Waals surface area contributed by atoms with Crippen LogP contribution in [0.1, 0.15) is 17.1 Å². The van der Waals surface area contributed by atoms with Crippen molar-refractivity contribution in [2.75, 3.05) is 19.0 Å². The highest BCUT2D eigenvalue weighted by atomic mass is 32.2. The minimum Gasteiger partial charge on any atom is -0.347 e. The maximum absolute atomic E-state index is 12.5. The molecule has 0 fully saturated rings. The van der Waals surface area contributed by atoms with Crippen LogP contribution in [0.25, 0.3) is 0 Å². The Kier molecular flexibility index (Phi) is 4.47. The Balaban J connectivity index is 2.22. The van der Waals surface area contributed by atoms with Gasteiger partial charge in [0.25, 0.3) is 0 Å². The molecule has 0 aromatic carbocycles. The molecule has 1 N–H and O–H groups in total. The van der Waals surface area contributed by atoms with Gasteiger partial charge >= 0.3 is 0 Å². The van der Waals surface area contributed by atoms with E-state index in [0.717, 1.165) is 0 Å². The molecule has 2 aromatic heterocycles. The van der Waals surface area contributed by atoms with Crippen LogP contribution < -0.4 is 9.62 Å². The fourth-order valence-electron chi connectivity index (χ4n) is 2.08. The zero-order valence-corrected chi connectivity index (χ0v) is 14.1. The first-order chi connectivity index (χ1) is 10.2. The van der Waals surface area contributed by atoms with Crippen LogP contribution >= 0.6 is 0 Å². The Labute approximate surface area is 130 Å². The molecule has 2 aromatic rings. The maximum atomic E-state index is 12.5. The van der Waals surface area contributed by atoms with Gasteiger partial charge in [0.15, 0.2) is 0 Å². The highest BCUT2D eigenvalue weighted by Crippen LogP contribution is 2.18. The van der Waals surface area contributed by atoms with Crippen LogP contribution in [0.15, 0.2) is 17.2 Å². The summed E-state index contributed by atoms with van der Waals surface area (Å²) in [6.07, 6.45) is 1.60. The number of nitrogens with one attached hydrogen (secondary N) is 1. The molecule has 8 nitrogen and oxygen atoms in total. The summed E-state index contributed by atoms with van der Waals surface area (Å²) in [6.45, 7) is 3.50. The first-order valence-corrected chi connectivity index (χ1v) is 8.20. The van der Waals surface area contributed by atoms with E-state index < -0.39 is 10.0 Å². The molecule has 0 aliphatic heterocycles. The molecule has 0 radical (unpaired) electrons. The van der Waals surface area contributed by atoms with Crippen LogP contribution in [0.4, 0.5) is 5.95 Å². The smallest absolute Gasteiger partial charge is 0.244 e. The molecule has 2 heterocycles. The molecule has 0 aliphatic rings. The van der Waals surface area contributed by atoms with Crippen molar-refractivity contribution in [1.29, 1.82) is 0 Å². The number of hydrogen-bond acceptors (Lipinski definition) is 6. The molecule has 120 valence electrons. The molecule has 0 amide bonds. The lowest BCUT2D eigenvalue weighted by atomic mass is 10.4. The predicted molar refractivity (Wildman–Crippen MR) is 83.1 cm³/mol. The molecule has 0 unspecified atom stereocenters. The summed E-state index contributed by atoms with van der Waals surface area (Å²) in [7, 11) is 1.73. The predicted octanol–water partition coefficient (Wildman–Crippen LogP) is 0.371. The normalized spacial score (nSPS) is 11.7. The molecular weight excluding hydrogens is 304 g/mol. The first-order valence-electron chi connectivity index (χ1n) is 6.71. The maximum Gasteiger partial charge on any atom is 0.244 e. The summed E-state index contributed by atoms with van der Waals surface area (Å²) in [6, 6.07) is 1.68. The fourth-order valence-corrected chi connectivity index (χ4v) is 3.52. The van der Waals surface area contributed by atoms with Gasteiger partial charge in [-0.05, 0) is 19.9 Å². The summed E-state index contributed by atoms with van der Waals surface area (Å²) in [5.41, 5.74) is 1.67. The van der Waals surface area contributed by atoms with Crippen LogP contribution in [-0.2, 0) is 23.6 Å². The molecule has 0 spiro atoms. The number of nitrogens with zero attached hydrogens (tertiary/aromatic N) is 5. The lowest BCUT2D eigenvalue weighted by Gasteiger charge is -2.11. The molecule has 2 rings (SSSR count). The van der Waals surface area contributed by atoms with E-state index in [0.29, 0.717) is 23.0 Å². The van der Waals surface area contributed by atoms with E-state index in [1.54, 1.807) is 42.7 Å². The van der Waals surface area contributed by atoms with Gasteiger partial charge in [0, 0.05) is 27.3 Å². The molecule has 22 heavy (non-hydrogen) atoms. The van der Waals surface area contributed by atoms with E-state index in [1.165, 1.54) is 0 Å². The number of rotatable bonds is 5. The molecule has 9 heteroatoms. The van der Waals surface area contributed by atoms with Crippen molar-refractivity contribution in [3.63, 3.8) is 0 Å². The molecule has 0 saturated heterocycles. The Hall–Kier alpha value is -2.00. The Morgan fingerprint density at radius 1 is 1.32 bits per heavy atom. The summed E-state index contributed by atoms with van der Waals surface area (Å²) < 4.78 is 29.0. The van der Waals surface area contributed by atoms with E-state index in [4.69, 9.17) is 0 Å². The van der Waals surface area contributed by atoms with Gasteiger partial charge in [-0.15, -0.1) is 0 Å². The molecule has 0 atom stereocenters. The van der Waals surface area contributed by atoms with E-state index >= 15 is 0 Å². The highest BCUT2D eigenvalue weighted by Gasteiger charge is 2.23. The van der Waals surface area contributed by atoms with Crippen molar-refractivity contribution >= 4 is 16.0 Å². The van der Waals surface area contributed by atoms with Crippen molar-refractivity contribution in [2.45, 2.75) is 25.3 Å². The first kappa shape index (κ1) is 16.4. The Morgan fingerprint density at radius 2 is 2.00 bits per heavy atom. The van der Waals surface area contributed by atoms with Gasteiger partial charge in [0.05, 0.1) is 23.6 Å². The minimum atomic E-state index is -3.64. The molecular formula is C13H20N6O2S. The topological polar surface area (TPSA) is 93.0 Å². The minimum absolute atomic E-state index is 0.0967. The van der Waals surface area contributed by atoms with Crippen LogP contribution in [0, 0.1) is 13.8 Å². The number of hydrogen-bond donors (Lipinski definition) is 1. The number of aromatic nitrogens is 4. The number of sulfonamides is 1. The standard InChI is InChI=1S/C13H20N6O2S/c1-9-12(10(2)19(5)17-9)22(20,21)15-8-11-6-7-14-13(16-11)18(3)4/h6-7,15H,8H2,1-5H3. The average Bonchev–Trinajstić information content (AvgIpc) is 2.71. The van der Waals surface area contributed by atoms with Crippen LogP contribution in [-0.4, -0.2) is 42.3 Å². The second kappa shape index (κ2) is 6.01. The van der Waals surface area contributed by atoms with Gasteiger partial charge in [-0.1, -0.05) is 0 Å². The van der Waals surface area contributed by atoms with Crippen molar-refractivity contribution in [3.8, 4) is 0 Å². The lowest BCUT2D eigenvalue weighted by molar-refractivity contribution is 0.578. The molecule has 0 bridgehead atoms. The number of aryl methyl sites for hydroxylation is 2. The second-order valence-corrected chi connectivity index (χ2v) is 6.89. The third kappa shape index (κ3) is 3.25. The fraction of sp³-hybridized carbons (Fsp3) is 0.462. The molecule has 0 aliphatic carbocycles. The third-order valence-electron chi connectivity index (χ3n) is 3.26. The zero-order chi connectivity index (χ0) is 16.5. The van der Waals surface area contributed by atoms with Gasteiger partial charge in [-0.3, -0.25) is 4.68 Å². The van der Waals surface area contributed by atoms with E-state index in [1.807, 2.05) is 14.1 Å². The molecule has 0 saturated carbocycles. The summed E-state index contributed by atoms with van der Waals surface area (Å²) in [5, 5.41) is 4.13. The SMILES string of the molecule is Cc1nn(C)c(C)c1S(=O)(=O)NCc1ccnc(N(C)C)n1. The van der Waals surface area contributed by atoms with Gasteiger partial charge in [0.2, 0.25) is 16.0 Å². The lowest BCUT2D eigenvalue weighted by Crippen LogP contribution is -2.25. The van der Waals surface area contributed by atoms with Crippen molar-refractivity contribution in [2.24, 2.45) is 7.05 Å². The van der Waals surface area contributed by atoms with Gasteiger partial charge in [-0.25, -0.2) is 23.1 Å². The largest absolute Gasteiger partial charge is 0.347 e. The Morgan fingerprint density at radius 3 is 2.55 bits per heavy atom. The second-order valence-electron chi connectivity index (χ2n) is 5.19. The average molecular weight is 324 g/mol. The van der Waals surface area contributed by atoms with Crippen LogP contribution in [0.2, 0.25) is 0 Å². The van der Waals surface area contributed by atoms with Crippen molar-refractivity contribution in [3.05, 3.63) is 29.3 Å². The highest BCUT2D eigenvalue weighted by molar-refractivity contribution is 7.89. The van der Waals surface area contributed by atoms with Crippen molar-refractivity contribution in [1.82, 2.24) is 24.5 Å². The summed E-state index contributed by atoms with van der Waals surface area (Å²) >= 11 is 0. The number of anilines is 1. The Bertz CT molecular complexity index is 782. The summed E-state index contributed by atoms with van der Waals surface area (Å²) in [5.74, 6) is 0.533. The quantitative estimate of drug-likeness (QED) is 0.854. The third-order valence-corrected chi connectivity index (χ3v) is 4.91. The van der Waals surface area contributed by atoms with E-state index in [9.17, 15) is 8.42 Å². The van der Waals surface area contributed by atoms with E-state index in [2.05, 4.69) is 19.8 Å². The zero-order valence-electron chi connectivity index (χ0n) is 13.3. The van der Waals surface area contributed by atoms with Gasteiger partial charge in [-0.2, -0.15) is 5.10 Å². The van der Waals surface area contributed by atoms with Gasteiger partial charge in [0.1, 0.15) is 4.90 Å². The van der Waals surface area contributed by atoms with Gasteiger partial charge < -0.3 is 4.90 Å². The van der Waals surface area contributed by atoms with Crippen molar-refractivity contribution < 1.29 is 8.42 Å². The van der Waals surface area contributed by atoms with Crippen LogP contribution in [0.5, 0.6) is 0 Å². The van der Waals surface area contributed by atoms with E-state index in [-0.39, 0.29) is 11.4 Å².